The Balaban J connectivity index is 1.96. The van der Waals surface area contributed by atoms with Gasteiger partial charge in [-0.2, -0.15) is 0 Å². The lowest BCUT2D eigenvalue weighted by Gasteiger charge is -2.26. The molecular weight excluding hydrogens is 420 g/mol. The average molecular weight is 450 g/mol. The first-order valence-electron chi connectivity index (χ1n) is 10.6. The summed E-state index contributed by atoms with van der Waals surface area (Å²) in [5.41, 5.74) is -0.309. The number of rotatable bonds is 8. The van der Waals surface area contributed by atoms with Crippen LogP contribution in [0.2, 0.25) is 0 Å². The molecule has 10 heteroatoms. The standard InChI is InChI=1S/C22H30N2O8/c1-22(2,3)32-21(27)23-18(20(26)31-17-7-5-4-6-8-17)13-19(25)30-14-15-9-11-16(12-10-15)24(28)29/h9-12,17-18H,4-8,13-14H2,1-3H3,(H,23,27). The Kier molecular flexibility index (Phi) is 8.98. The average Bonchev–Trinajstić information content (AvgIpc) is 2.71. The number of nitro groups is 1. The third-order valence-corrected chi connectivity index (χ3v) is 4.73. The zero-order valence-electron chi connectivity index (χ0n) is 18.6. The first-order valence-corrected chi connectivity index (χ1v) is 10.6. The van der Waals surface area contributed by atoms with E-state index in [9.17, 15) is 24.5 Å². The number of nitro benzene ring substituents is 1. The third-order valence-electron chi connectivity index (χ3n) is 4.73. The van der Waals surface area contributed by atoms with Gasteiger partial charge in [0.2, 0.25) is 0 Å². The van der Waals surface area contributed by atoms with E-state index >= 15 is 0 Å². The Morgan fingerprint density at radius 2 is 1.75 bits per heavy atom. The molecule has 1 saturated carbocycles. The molecule has 32 heavy (non-hydrogen) atoms. The van der Waals surface area contributed by atoms with Crippen LogP contribution in [0.4, 0.5) is 10.5 Å². The number of alkyl carbamates (subject to hydrolysis) is 1. The first kappa shape index (κ1) is 25.1. The van der Waals surface area contributed by atoms with Gasteiger partial charge in [0.15, 0.2) is 0 Å². The molecule has 1 amide bonds. The van der Waals surface area contributed by atoms with Crippen molar-refractivity contribution in [2.75, 3.05) is 0 Å². The number of amides is 1. The maximum atomic E-state index is 12.7. The molecule has 0 spiro atoms. The molecule has 1 aliphatic rings. The molecule has 1 aromatic rings. The highest BCUT2D eigenvalue weighted by Crippen LogP contribution is 2.21. The summed E-state index contributed by atoms with van der Waals surface area (Å²) < 4.78 is 15.9. The van der Waals surface area contributed by atoms with Gasteiger partial charge in [0.1, 0.15) is 24.4 Å². The van der Waals surface area contributed by atoms with Crippen molar-refractivity contribution in [3.8, 4) is 0 Å². The molecule has 0 saturated heterocycles. The lowest BCUT2D eigenvalue weighted by Crippen LogP contribution is -2.46. The van der Waals surface area contributed by atoms with Crippen molar-refractivity contribution < 1.29 is 33.5 Å². The fourth-order valence-electron chi connectivity index (χ4n) is 3.18. The van der Waals surface area contributed by atoms with Crippen molar-refractivity contribution in [3.63, 3.8) is 0 Å². The van der Waals surface area contributed by atoms with Crippen LogP contribution in [-0.2, 0) is 30.4 Å². The van der Waals surface area contributed by atoms with Crippen LogP contribution in [0.25, 0.3) is 0 Å². The number of carbonyl (C=O) groups excluding carboxylic acids is 3. The molecule has 176 valence electrons. The van der Waals surface area contributed by atoms with Gasteiger partial charge < -0.3 is 19.5 Å². The molecule has 0 bridgehead atoms. The van der Waals surface area contributed by atoms with Crippen molar-refractivity contribution >= 4 is 23.7 Å². The van der Waals surface area contributed by atoms with E-state index in [2.05, 4.69) is 5.32 Å². The molecular formula is C22H30N2O8. The summed E-state index contributed by atoms with van der Waals surface area (Å²) in [5.74, 6) is -1.44. The summed E-state index contributed by atoms with van der Waals surface area (Å²) in [6.07, 6.45) is 2.98. The van der Waals surface area contributed by atoms with E-state index in [0.29, 0.717) is 5.56 Å². The highest BCUT2D eigenvalue weighted by Gasteiger charge is 2.30. The molecule has 0 aliphatic heterocycles. The van der Waals surface area contributed by atoms with E-state index in [4.69, 9.17) is 14.2 Å². The molecule has 1 aromatic carbocycles. The van der Waals surface area contributed by atoms with Crippen LogP contribution >= 0.6 is 0 Å². The molecule has 0 radical (unpaired) electrons. The van der Waals surface area contributed by atoms with Gasteiger partial charge >= 0.3 is 18.0 Å². The predicted molar refractivity (Wildman–Crippen MR) is 114 cm³/mol. The van der Waals surface area contributed by atoms with E-state index in [0.717, 1.165) is 32.1 Å². The van der Waals surface area contributed by atoms with Crippen molar-refractivity contribution in [3.05, 3.63) is 39.9 Å². The maximum Gasteiger partial charge on any atom is 0.408 e. The number of carbonyl (C=O) groups is 3. The highest BCUT2D eigenvalue weighted by molar-refractivity contribution is 5.86. The summed E-state index contributed by atoms with van der Waals surface area (Å²) in [6, 6.07) is 4.30. The second-order valence-electron chi connectivity index (χ2n) is 8.68. The van der Waals surface area contributed by atoms with E-state index in [1.54, 1.807) is 20.8 Å². The van der Waals surface area contributed by atoms with Gasteiger partial charge in [-0.3, -0.25) is 14.9 Å². The number of hydrogen-bond acceptors (Lipinski definition) is 8. The van der Waals surface area contributed by atoms with Crippen LogP contribution in [0.15, 0.2) is 24.3 Å². The van der Waals surface area contributed by atoms with Gasteiger partial charge in [-0.25, -0.2) is 9.59 Å². The second-order valence-corrected chi connectivity index (χ2v) is 8.68. The van der Waals surface area contributed by atoms with E-state index in [1.165, 1.54) is 24.3 Å². The van der Waals surface area contributed by atoms with E-state index in [1.807, 2.05) is 0 Å². The van der Waals surface area contributed by atoms with Crippen LogP contribution in [0.5, 0.6) is 0 Å². The number of hydrogen-bond donors (Lipinski definition) is 1. The number of esters is 2. The summed E-state index contributed by atoms with van der Waals surface area (Å²) in [4.78, 5) is 47.3. The minimum absolute atomic E-state index is 0.0767. The second kappa shape index (κ2) is 11.4. The molecule has 2 rings (SSSR count). The Bertz CT molecular complexity index is 810. The van der Waals surface area contributed by atoms with Crippen LogP contribution in [-0.4, -0.2) is 40.7 Å². The zero-order valence-corrected chi connectivity index (χ0v) is 18.6. The summed E-state index contributed by atoms with van der Waals surface area (Å²) in [7, 11) is 0. The Hall–Kier alpha value is -3.17. The number of nitrogens with zero attached hydrogens (tertiary/aromatic N) is 1. The lowest BCUT2D eigenvalue weighted by molar-refractivity contribution is -0.384. The highest BCUT2D eigenvalue weighted by atomic mass is 16.6. The summed E-state index contributed by atoms with van der Waals surface area (Å²) in [6.45, 7) is 4.91. The summed E-state index contributed by atoms with van der Waals surface area (Å²) in [5, 5.41) is 13.1. The van der Waals surface area contributed by atoms with Crippen LogP contribution < -0.4 is 5.32 Å². The van der Waals surface area contributed by atoms with Crippen molar-refractivity contribution in [1.82, 2.24) is 5.32 Å². The van der Waals surface area contributed by atoms with Gasteiger partial charge in [-0.1, -0.05) is 6.42 Å². The minimum atomic E-state index is -1.25. The summed E-state index contributed by atoms with van der Waals surface area (Å²) >= 11 is 0. The van der Waals surface area contributed by atoms with Crippen LogP contribution in [0, 0.1) is 10.1 Å². The molecule has 0 heterocycles. The van der Waals surface area contributed by atoms with Gasteiger partial charge in [0.25, 0.3) is 5.69 Å². The Labute approximate surface area is 186 Å². The molecule has 1 unspecified atom stereocenters. The molecule has 1 atom stereocenters. The van der Waals surface area contributed by atoms with Gasteiger partial charge in [0, 0.05) is 12.1 Å². The maximum absolute atomic E-state index is 12.7. The largest absolute Gasteiger partial charge is 0.461 e. The third kappa shape index (κ3) is 8.91. The topological polar surface area (TPSA) is 134 Å². The van der Waals surface area contributed by atoms with Crippen LogP contribution in [0.1, 0.15) is 64.9 Å². The van der Waals surface area contributed by atoms with Crippen molar-refractivity contribution in [2.24, 2.45) is 0 Å². The number of ether oxygens (including phenoxy) is 3. The molecule has 1 fully saturated rings. The smallest absolute Gasteiger partial charge is 0.408 e. The quantitative estimate of drug-likeness (QED) is 0.274. The van der Waals surface area contributed by atoms with Gasteiger partial charge in [0.05, 0.1) is 11.3 Å². The predicted octanol–water partition coefficient (Wildman–Crippen LogP) is 3.80. The monoisotopic (exact) mass is 450 g/mol. The van der Waals surface area contributed by atoms with E-state index < -0.39 is 41.0 Å². The van der Waals surface area contributed by atoms with Gasteiger partial charge in [-0.15, -0.1) is 0 Å². The lowest BCUT2D eigenvalue weighted by atomic mass is 9.98. The van der Waals surface area contributed by atoms with Crippen molar-refractivity contribution in [2.45, 2.75) is 83.6 Å². The van der Waals surface area contributed by atoms with Crippen LogP contribution in [0.3, 0.4) is 0 Å². The Morgan fingerprint density at radius 1 is 1.12 bits per heavy atom. The minimum Gasteiger partial charge on any atom is -0.461 e. The molecule has 0 aromatic heterocycles. The van der Waals surface area contributed by atoms with Crippen molar-refractivity contribution in [1.29, 1.82) is 0 Å². The number of non-ortho nitro benzene ring substituents is 1. The normalized spacial score (nSPS) is 15.3. The zero-order chi connectivity index (χ0) is 23.7. The van der Waals surface area contributed by atoms with Gasteiger partial charge in [-0.05, 0) is 64.2 Å². The van der Waals surface area contributed by atoms with E-state index in [-0.39, 0.29) is 18.4 Å². The molecule has 1 N–H and O–H groups in total. The molecule has 1 aliphatic carbocycles. The number of nitrogens with one attached hydrogen (secondary N) is 1. The molecule has 10 nitrogen and oxygen atoms in total. The SMILES string of the molecule is CC(C)(C)OC(=O)NC(CC(=O)OCc1ccc([N+](=O)[O-])cc1)C(=O)OC1CCCCC1. The Morgan fingerprint density at radius 3 is 2.31 bits per heavy atom. The fraction of sp³-hybridized carbons (Fsp3) is 0.591. The fourth-order valence-corrected chi connectivity index (χ4v) is 3.18. The first-order chi connectivity index (χ1) is 15.0. The number of benzene rings is 1.